The zero-order valence-corrected chi connectivity index (χ0v) is 10.2. The van der Waals surface area contributed by atoms with Crippen LogP contribution in [0.1, 0.15) is 48.2 Å². The highest BCUT2D eigenvalue weighted by Crippen LogP contribution is 2.18. The van der Waals surface area contributed by atoms with E-state index in [-0.39, 0.29) is 11.7 Å². The molecular formula is C13H18N2O. The lowest BCUT2D eigenvalue weighted by atomic mass is 9.98. The summed E-state index contributed by atoms with van der Waals surface area (Å²) >= 11 is 0. The number of aliphatic imine (C=N–C) groups is 1. The molecule has 0 saturated heterocycles. The highest BCUT2D eigenvalue weighted by molar-refractivity contribution is 6.03. The van der Waals surface area contributed by atoms with Crippen LogP contribution < -0.4 is 5.73 Å². The van der Waals surface area contributed by atoms with E-state index in [9.17, 15) is 4.79 Å². The van der Waals surface area contributed by atoms with E-state index < -0.39 is 0 Å². The van der Waals surface area contributed by atoms with E-state index in [1.807, 2.05) is 25.1 Å². The van der Waals surface area contributed by atoms with E-state index in [2.05, 4.69) is 18.8 Å². The second-order valence-corrected chi connectivity index (χ2v) is 4.29. The average molecular weight is 218 g/mol. The van der Waals surface area contributed by atoms with Gasteiger partial charge in [0.2, 0.25) is 0 Å². The topological polar surface area (TPSA) is 55.4 Å². The molecule has 0 aliphatic heterocycles. The van der Waals surface area contributed by atoms with E-state index in [1.54, 1.807) is 6.92 Å². The van der Waals surface area contributed by atoms with Gasteiger partial charge >= 0.3 is 0 Å². The molecule has 0 heterocycles. The Morgan fingerprint density at radius 3 is 2.44 bits per heavy atom. The molecule has 0 saturated carbocycles. The van der Waals surface area contributed by atoms with Crippen molar-refractivity contribution in [2.24, 2.45) is 10.7 Å². The van der Waals surface area contributed by atoms with Gasteiger partial charge in [-0.3, -0.25) is 4.79 Å². The number of aryl methyl sites for hydroxylation is 1. The summed E-state index contributed by atoms with van der Waals surface area (Å²) in [6.45, 7) is 7.77. The van der Waals surface area contributed by atoms with Crippen LogP contribution in [0.15, 0.2) is 23.2 Å². The van der Waals surface area contributed by atoms with E-state index in [4.69, 9.17) is 5.73 Å². The van der Waals surface area contributed by atoms with Crippen molar-refractivity contribution in [2.75, 3.05) is 0 Å². The minimum absolute atomic E-state index is 0.271. The van der Waals surface area contributed by atoms with Crippen LogP contribution in [0, 0.1) is 6.92 Å². The largest absolute Gasteiger partial charge is 0.387 e. The molecule has 1 amide bonds. The molecule has 86 valence electrons. The molecule has 0 spiro atoms. The molecule has 0 bridgehead atoms. The number of nitrogens with zero attached hydrogens (tertiary/aromatic N) is 1. The molecule has 3 nitrogen and oxygen atoms in total. The third-order valence-electron chi connectivity index (χ3n) is 2.43. The lowest BCUT2D eigenvalue weighted by molar-refractivity contribution is 0.100. The molecule has 16 heavy (non-hydrogen) atoms. The molecule has 2 N–H and O–H groups in total. The summed E-state index contributed by atoms with van der Waals surface area (Å²) in [5, 5.41) is 0. The summed E-state index contributed by atoms with van der Waals surface area (Å²) in [6, 6.07) is 5.81. The number of amidine groups is 1. The first-order valence-corrected chi connectivity index (χ1v) is 5.37. The van der Waals surface area contributed by atoms with Crippen molar-refractivity contribution in [1.29, 1.82) is 0 Å². The average Bonchev–Trinajstić information content (AvgIpc) is 2.15. The fraction of sp³-hybridized carbons (Fsp3) is 0.385. The van der Waals surface area contributed by atoms with Crippen LogP contribution in [0.4, 0.5) is 0 Å². The van der Waals surface area contributed by atoms with Gasteiger partial charge in [0.1, 0.15) is 5.84 Å². The van der Waals surface area contributed by atoms with Gasteiger partial charge in [-0.2, -0.15) is 4.99 Å². The standard InChI is InChI=1S/C13H18N2O/c1-8(2)11-5-6-12(9(3)7-11)13(16)15-10(4)14/h5-8H,1-4H3,(H2,14,15,16). The van der Waals surface area contributed by atoms with Crippen molar-refractivity contribution in [2.45, 2.75) is 33.6 Å². The fourth-order valence-electron chi connectivity index (χ4n) is 1.51. The third kappa shape index (κ3) is 2.92. The smallest absolute Gasteiger partial charge is 0.278 e. The highest BCUT2D eigenvalue weighted by atomic mass is 16.1. The number of hydrogen-bond donors (Lipinski definition) is 1. The van der Waals surface area contributed by atoms with Gasteiger partial charge in [-0.25, -0.2) is 0 Å². The van der Waals surface area contributed by atoms with Crippen LogP contribution in [-0.4, -0.2) is 11.7 Å². The van der Waals surface area contributed by atoms with Gasteiger partial charge in [-0.1, -0.05) is 26.0 Å². The van der Waals surface area contributed by atoms with Gasteiger partial charge < -0.3 is 5.73 Å². The predicted molar refractivity (Wildman–Crippen MR) is 66.9 cm³/mol. The summed E-state index contributed by atoms with van der Waals surface area (Å²) in [7, 11) is 0. The van der Waals surface area contributed by atoms with E-state index in [0.29, 0.717) is 11.5 Å². The van der Waals surface area contributed by atoms with Gasteiger partial charge in [0.05, 0.1) is 0 Å². The maximum Gasteiger partial charge on any atom is 0.278 e. The SMILES string of the molecule is CC(N)=NC(=O)c1ccc(C(C)C)cc1C. The van der Waals surface area contributed by atoms with Crippen LogP contribution in [0.3, 0.4) is 0 Å². The maximum absolute atomic E-state index is 11.7. The van der Waals surface area contributed by atoms with Crippen molar-refractivity contribution in [3.8, 4) is 0 Å². The molecule has 0 fully saturated rings. The van der Waals surface area contributed by atoms with Gasteiger partial charge in [0.15, 0.2) is 0 Å². The van der Waals surface area contributed by atoms with Crippen LogP contribution in [0.2, 0.25) is 0 Å². The van der Waals surface area contributed by atoms with Crippen LogP contribution in [-0.2, 0) is 0 Å². The van der Waals surface area contributed by atoms with Gasteiger partial charge in [0.25, 0.3) is 5.91 Å². The molecule has 0 aliphatic carbocycles. The van der Waals surface area contributed by atoms with E-state index in [0.717, 1.165) is 5.56 Å². The van der Waals surface area contributed by atoms with E-state index in [1.165, 1.54) is 5.56 Å². The van der Waals surface area contributed by atoms with Crippen LogP contribution in [0.25, 0.3) is 0 Å². The van der Waals surface area contributed by atoms with Gasteiger partial charge in [-0.15, -0.1) is 0 Å². The lowest BCUT2D eigenvalue weighted by Gasteiger charge is -2.08. The minimum atomic E-state index is -0.271. The van der Waals surface area contributed by atoms with Crippen molar-refractivity contribution in [3.05, 3.63) is 34.9 Å². The lowest BCUT2D eigenvalue weighted by Crippen LogP contribution is -2.10. The van der Waals surface area contributed by atoms with Crippen molar-refractivity contribution >= 4 is 11.7 Å². The Balaban J connectivity index is 3.09. The summed E-state index contributed by atoms with van der Waals surface area (Å²) in [5.41, 5.74) is 8.18. The van der Waals surface area contributed by atoms with Crippen LogP contribution in [0.5, 0.6) is 0 Å². The normalized spacial score (nSPS) is 11.9. The summed E-state index contributed by atoms with van der Waals surface area (Å²) in [6.07, 6.45) is 0. The van der Waals surface area contributed by atoms with Crippen molar-refractivity contribution < 1.29 is 4.79 Å². The van der Waals surface area contributed by atoms with Crippen LogP contribution >= 0.6 is 0 Å². The Labute approximate surface area is 96.4 Å². The monoisotopic (exact) mass is 218 g/mol. The third-order valence-corrected chi connectivity index (χ3v) is 2.43. The fourth-order valence-corrected chi connectivity index (χ4v) is 1.51. The molecule has 1 aromatic rings. The molecule has 1 aromatic carbocycles. The molecule has 0 aliphatic rings. The summed E-state index contributed by atoms with van der Waals surface area (Å²) in [5.74, 6) is 0.479. The summed E-state index contributed by atoms with van der Waals surface area (Å²) < 4.78 is 0. The quantitative estimate of drug-likeness (QED) is 0.612. The summed E-state index contributed by atoms with van der Waals surface area (Å²) in [4.78, 5) is 15.4. The van der Waals surface area contributed by atoms with Crippen molar-refractivity contribution in [3.63, 3.8) is 0 Å². The second kappa shape index (κ2) is 4.92. The number of amides is 1. The molecule has 0 unspecified atom stereocenters. The molecule has 0 atom stereocenters. The maximum atomic E-state index is 11.7. The zero-order valence-electron chi connectivity index (χ0n) is 10.2. The Kier molecular flexibility index (Phi) is 3.82. The Morgan fingerprint density at radius 1 is 1.38 bits per heavy atom. The number of nitrogens with two attached hydrogens (primary N) is 1. The molecule has 0 aromatic heterocycles. The Bertz CT molecular complexity index is 430. The number of benzene rings is 1. The molecule has 3 heteroatoms. The minimum Gasteiger partial charge on any atom is -0.387 e. The molecular weight excluding hydrogens is 200 g/mol. The van der Waals surface area contributed by atoms with Gasteiger partial charge in [0, 0.05) is 5.56 Å². The Morgan fingerprint density at radius 2 is 2.00 bits per heavy atom. The number of hydrogen-bond acceptors (Lipinski definition) is 1. The predicted octanol–water partition coefficient (Wildman–Crippen LogP) is 2.64. The molecule has 1 rings (SSSR count). The number of carbonyl (C=O) groups is 1. The number of rotatable bonds is 2. The zero-order chi connectivity index (χ0) is 12.3. The Hall–Kier alpha value is -1.64. The highest BCUT2D eigenvalue weighted by Gasteiger charge is 2.09. The van der Waals surface area contributed by atoms with E-state index >= 15 is 0 Å². The first-order chi connectivity index (χ1) is 7.41. The second-order valence-electron chi connectivity index (χ2n) is 4.29. The number of carbonyl (C=O) groups excluding carboxylic acids is 1. The van der Waals surface area contributed by atoms with Gasteiger partial charge in [-0.05, 0) is 37.0 Å². The molecule has 0 radical (unpaired) electrons. The first kappa shape index (κ1) is 12.4. The van der Waals surface area contributed by atoms with Crippen molar-refractivity contribution in [1.82, 2.24) is 0 Å². The first-order valence-electron chi connectivity index (χ1n) is 5.37.